The van der Waals surface area contributed by atoms with Gasteiger partial charge in [0.15, 0.2) is 0 Å². The highest BCUT2D eigenvalue weighted by atomic mass is 79.9. The Morgan fingerprint density at radius 2 is 2.06 bits per heavy atom. The summed E-state index contributed by atoms with van der Waals surface area (Å²) >= 11 is 3.09. The molecule has 0 heterocycles. The van der Waals surface area contributed by atoms with Crippen LogP contribution < -0.4 is 5.32 Å². The summed E-state index contributed by atoms with van der Waals surface area (Å²) in [5.74, 6) is -1.14. The second-order valence-corrected chi connectivity index (χ2v) is 4.47. The molecule has 0 spiro atoms. The molecule has 0 fully saturated rings. The first-order chi connectivity index (χ1) is 8.31. The number of hydrogen-bond acceptors (Lipinski definition) is 2. The van der Waals surface area contributed by atoms with Gasteiger partial charge in [0.1, 0.15) is 0 Å². The molecule has 7 heteroatoms. The molecule has 0 unspecified atom stereocenters. The van der Waals surface area contributed by atoms with Crippen molar-refractivity contribution >= 4 is 27.6 Å². The SMILES string of the molecule is O=C(O)c1c(Br)cccc1NCCCC(F)(F)F. The summed E-state index contributed by atoms with van der Waals surface area (Å²) in [4.78, 5) is 11.0. The van der Waals surface area contributed by atoms with E-state index in [1.54, 1.807) is 12.1 Å². The average Bonchev–Trinajstić information content (AvgIpc) is 2.22. The number of carboxylic acid groups (broad SMARTS) is 1. The number of aromatic carboxylic acids is 1. The average molecular weight is 326 g/mol. The summed E-state index contributed by atoms with van der Waals surface area (Å²) < 4.78 is 36.2. The first-order valence-electron chi connectivity index (χ1n) is 5.13. The van der Waals surface area contributed by atoms with E-state index in [0.717, 1.165) is 0 Å². The minimum atomic E-state index is -4.19. The van der Waals surface area contributed by atoms with E-state index >= 15 is 0 Å². The lowest BCUT2D eigenvalue weighted by molar-refractivity contribution is -0.134. The molecular formula is C11H11BrF3NO2. The maximum atomic E-state index is 11.9. The number of halogens is 4. The van der Waals surface area contributed by atoms with E-state index in [9.17, 15) is 18.0 Å². The van der Waals surface area contributed by atoms with Crippen molar-refractivity contribution in [1.82, 2.24) is 0 Å². The Balaban J connectivity index is 2.63. The van der Waals surface area contributed by atoms with Crippen molar-refractivity contribution in [2.24, 2.45) is 0 Å². The van der Waals surface area contributed by atoms with Gasteiger partial charge < -0.3 is 10.4 Å². The molecule has 0 amide bonds. The number of alkyl halides is 3. The maximum Gasteiger partial charge on any atom is 0.389 e. The highest BCUT2D eigenvalue weighted by Crippen LogP contribution is 2.25. The molecule has 0 atom stereocenters. The van der Waals surface area contributed by atoms with Crippen LogP contribution in [-0.2, 0) is 0 Å². The zero-order chi connectivity index (χ0) is 13.8. The van der Waals surface area contributed by atoms with Crippen LogP contribution in [0.3, 0.4) is 0 Å². The fourth-order valence-electron chi connectivity index (χ4n) is 1.40. The van der Waals surface area contributed by atoms with Crippen LogP contribution in [0.4, 0.5) is 18.9 Å². The van der Waals surface area contributed by atoms with Crippen LogP contribution in [-0.4, -0.2) is 23.8 Å². The summed E-state index contributed by atoms with van der Waals surface area (Å²) in [7, 11) is 0. The fourth-order valence-corrected chi connectivity index (χ4v) is 1.94. The van der Waals surface area contributed by atoms with Crippen molar-refractivity contribution in [2.45, 2.75) is 19.0 Å². The second kappa shape index (κ2) is 6.08. The number of nitrogens with one attached hydrogen (secondary N) is 1. The molecule has 1 aromatic rings. The Hall–Kier alpha value is -1.24. The molecule has 1 rings (SSSR count). The lowest BCUT2D eigenvalue weighted by Crippen LogP contribution is -2.12. The van der Waals surface area contributed by atoms with Gasteiger partial charge in [0.25, 0.3) is 0 Å². The van der Waals surface area contributed by atoms with Gasteiger partial charge in [0.2, 0.25) is 0 Å². The summed E-state index contributed by atoms with van der Waals surface area (Å²) in [5, 5.41) is 11.7. The highest BCUT2D eigenvalue weighted by Gasteiger charge is 2.26. The summed E-state index contributed by atoms with van der Waals surface area (Å²) in [5.41, 5.74) is 0.323. The van der Waals surface area contributed by atoms with Crippen molar-refractivity contribution in [2.75, 3.05) is 11.9 Å². The lowest BCUT2D eigenvalue weighted by atomic mass is 10.1. The Morgan fingerprint density at radius 1 is 1.39 bits per heavy atom. The Labute approximate surface area is 110 Å². The van der Waals surface area contributed by atoms with Crippen LogP contribution in [0.2, 0.25) is 0 Å². The molecular weight excluding hydrogens is 315 g/mol. The van der Waals surface area contributed by atoms with Crippen molar-refractivity contribution in [1.29, 1.82) is 0 Å². The standard InChI is InChI=1S/C11H11BrF3NO2/c12-7-3-1-4-8(9(7)10(17)18)16-6-2-5-11(13,14)15/h1,3-4,16H,2,5-6H2,(H,17,18). The van der Waals surface area contributed by atoms with Gasteiger partial charge in [-0.1, -0.05) is 6.07 Å². The predicted molar refractivity (Wildman–Crippen MR) is 64.9 cm³/mol. The molecule has 0 aliphatic rings. The smallest absolute Gasteiger partial charge is 0.389 e. The van der Waals surface area contributed by atoms with Crippen LogP contribution in [0.1, 0.15) is 23.2 Å². The van der Waals surface area contributed by atoms with E-state index in [2.05, 4.69) is 21.2 Å². The third-order valence-electron chi connectivity index (χ3n) is 2.18. The minimum absolute atomic E-state index is 0.0181. The Morgan fingerprint density at radius 3 is 2.61 bits per heavy atom. The number of carbonyl (C=O) groups is 1. The number of carboxylic acids is 1. The number of hydrogen-bond donors (Lipinski definition) is 2. The third-order valence-corrected chi connectivity index (χ3v) is 2.84. The van der Waals surface area contributed by atoms with Crippen LogP contribution >= 0.6 is 15.9 Å². The highest BCUT2D eigenvalue weighted by molar-refractivity contribution is 9.10. The number of anilines is 1. The molecule has 0 aliphatic carbocycles. The van der Waals surface area contributed by atoms with E-state index in [1.165, 1.54) is 6.07 Å². The zero-order valence-electron chi connectivity index (χ0n) is 9.22. The van der Waals surface area contributed by atoms with Crippen molar-refractivity contribution in [3.63, 3.8) is 0 Å². The monoisotopic (exact) mass is 325 g/mol. The van der Waals surface area contributed by atoms with Crippen molar-refractivity contribution < 1.29 is 23.1 Å². The van der Waals surface area contributed by atoms with E-state index < -0.39 is 18.6 Å². The van der Waals surface area contributed by atoms with Crippen LogP contribution in [0.5, 0.6) is 0 Å². The van der Waals surface area contributed by atoms with E-state index in [-0.39, 0.29) is 18.5 Å². The van der Waals surface area contributed by atoms with Crippen LogP contribution in [0, 0.1) is 0 Å². The van der Waals surface area contributed by atoms with Gasteiger partial charge in [-0.25, -0.2) is 4.79 Å². The molecule has 0 aromatic heterocycles. The molecule has 2 N–H and O–H groups in total. The molecule has 0 bridgehead atoms. The molecule has 0 saturated carbocycles. The first kappa shape index (κ1) is 14.8. The summed E-state index contributed by atoms with van der Waals surface area (Å²) in [6.07, 6.45) is -5.18. The summed E-state index contributed by atoms with van der Waals surface area (Å²) in [6.45, 7) is 0.0657. The molecule has 3 nitrogen and oxygen atoms in total. The van der Waals surface area contributed by atoms with E-state index in [0.29, 0.717) is 10.2 Å². The molecule has 0 saturated heterocycles. The van der Waals surface area contributed by atoms with Gasteiger partial charge in [0, 0.05) is 23.1 Å². The van der Waals surface area contributed by atoms with E-state index in [4.69, 9.17) is 5.11 Å². The fraction of sp³-hybridized carbons (Fsp3) is 0.364. The minimum Gasteiger partial charge on any atom is -0.478 e. The molecule has 0 aliphatic heterocycles. The van der Waals surface area contributed by atoms with Crippen LogP contribution in [0.25, 0.3) is 0 Å². The van der Waals surface area contributed by atoms with Crippen LogP contribution in [0.15, 0.2) is 22.7 Å². The lowest BCUT2D eigenvalue weighted by Gasteiger charge is -2.11. The van der Waals surface area contributed by atoms with Crippen molar-refractivity contribution in [3.05, 3.63) is 28.2 Å². The molecule has 18 heavy (non-hydrogen) atoms. The number of benzene rings is 1. The van der Waals surface area contributed by atoms with E-state index in [1.807, 2.05) is 0 Å². The third kappa shape index (κ3) is 4.56. The topological polar surface area (TPSA) is 49.3 Å². The predicted octanol–water partition coefficient (Wildman–Crippen LogP) is 3.90. The van der Waals surface area contributed by atoms with Gasteiger partial charge in [0.05, 0.1) is 5.56 Å². The summed E-state index contributed by atoms with van der Waals surface area (Å²) in [6, 6.07) is 4.69. The van der Waals surface area contributed by atoms with Gasteiger partial charge in [-0.15, -0.1) is 0 Å². The largest absolute Gasteiger partial charge is 0.478 e. The normalized spacial score (nSPS) is 11.3. The van der Waals surface area contributed by atoms with Crippen molar-refractivity contribution in [3.8, 4) is 0 Å². The van der Waals surface area contributed by atoms with Gasteiger partial charge in [-0.2, -0.15) is 13.2 Å². The molecule has 0 radical (unpaired) electrons. The zero-order valence-corrected chi connectivity index (χ0v) is 10.8. The Bertz CT molecular complexity index is 435. The molecule has 1 aromatic carbocycles. The Kier molecular flexibility index (Phi) is 5.01. The van der Waals surface area contributed by atoms with Gasteiger partial charge in [-0.05, 0) is 34.5 Å². The second-order valence-electron chi connectivity index (χ2n) is 3.61. The number of rotatable bonds is 5. The quantitative estimate of drug-likeness (QED) is 0.807. The molecule has 100 valence electrons. The van der Waals surface area contributed by atoms with Gasteiger partial charge >= 0.3 is 12.1 Å². The first-order valence-corrected chi connectivity index (χ1v) is 5.93. The maximum absolute atomic E-state index is 11.9. The van der Waals surface area contributed by atoms with Gasteiger partial charge in [-0.3, -0.25) is 0 Å².